The molecule has 6 nitrogen and oxygen atoms in total. The second kappa shape index (κ2) is 4.50. The van der Waals surface area contributed by atoms with Crippen molar-refractivity contribution in [2.75, 3.05) is 0 Å². The first-order valence-corrected chi connectivity index (χ1v) is 5.29. The van der Waals surface area contributed by atoms with Crippen LogP contribution in [0.4, 0.5) is 5.69 Å². The van der Waals surface area contributed by atoms with E-state index in [1.807, 2.05) is 0 Å². The molecule has 1 heterocycles. The van der Waals surface area contributed by atoms with Crippen molar-refractivity contribution in [3.8, 4) is 11.5 Å². The van der Waals surface area contributed by atoms with Crippen LogP contribution in [0.25, 0.3) is 11.5 Å². The molecule has 0 bridgehead atoms. The van der Waals surface area contributed by atoms with Gasteiger partial charge in [-0.15, -0.1) is 11.6 Å². The highest BCUT2D eigenvalue weighted by molar-refractivity contribution is 6.16. The maximum atomic E-state index is 10.8. The highest BCUT2D eigenvalue weighted by atomic mass is 35.5. The van der Waals surface area contributed by atoms with Crippen LogP contribution in [0.5, 0.6) is 0 Å². The molecule has 0 radical (unpaired) electrons. The zero-order valence-corrected chi connectivity index (χ0v) is 9.64. The molecule has 0 amide bonds. The van der Waals surface area contributed by atoms with Gasteiger partial charge in [-0.05, 0) is 13.0 Å². The van der Waals surface area contributed by atoms with Crippen LogP contribution in [0.1, 0.15) is 11.4 Å². The average Bonchev–Trinajstić information content (AvgIpc) is 2.78. The summed E-state index contributed by atoms with van der Waals surface area (Å²) in [5.41, 5.74) is 1.11. The van der Waals surface area contributed by atoms with Crippen LogP contribution in [0.2, 0.25) is 0 Å². The number of aryl methyl sites for hydroxylation is 1. The number of alkyl halides is 1. The summed E-state index contributed by atoms with van der Waals surface area (Å²) in [5.74, 6) is 0.714. The van der Waals surface area contributed by atoms with Crippen molar-refractivity contribution in [2.24, 2.45) is 0 Å². The van der Waals surface area contributed by atoms with Crippen molar-refractivity contribution in [1.29, 1.82) is 0 Å². The first kappa shape index (κ1) is 11.5. The number of benzene rings is 1. The van der Waals surface area contributed by atoms with Crippen molar-refractivity contribution in [3.63, 3.8) is 0 Å². The highest BCUT2D eigenvalue weighted by Gasteiger charge is 2.15. The first-order chi connectivity index (χ1) is 8.11. The van der Waals surface area contributed by atoms with Gasteiger partial charge in [-0.3, -0.25) is 10.1 Å². The topological polar surface area (TPSA) is 82.1 Å². The zero-order valence-electron chi connectivity index (χ0n) is 8.88. The molecule has 1 aromatic carbocycles. The summed E-state index contributed by atoms with van der Waals surface area (Å²) in [4.78, 5) is 14.3. The highest BCUT2D eigenvalue weighted by Crippen LogP contribution is 2.25. The van der Waals surface area contributed by atoms with Crippen LogP contribution < -0.4 is 0 Å². The Morgan fingerprint density at radius 3 is 2.88 bits per heavy atom. The van der Waals surface area contributed by atoms with Gasteiger partial charge in [-0.2, -0.15) is 4.98 Å². The quantitative estimate of drug-likeness (QED) is 0.477. The van der Waals surface area contributed by atoms with Gasteiger partial charge in [0, 0.05) is 17.2 Å². The number of aromatic nitrogens is 2. The van der Waals surface area contributed by atoms with Crippen LogP contribution in [0, 0.1) is 17.0 Å². The van der Waals surface area contributed by atoms with E-state index in [4.69, 9.17) is 16.1 Å². The molecule has 0 saturated heterocycles. The maximum absolute atomic E-state index is 10.8. The molecule has 0 fully saturated rings. The van der Waals surface area contributed by atoms with E-state index in [1.165, 1.54) is 6.07 Å². The van der Waals surface area contributed by atoms with Crippen LogP contribution in [0.15, 0.2) is 22.7 Å². The van der Waals surface area contributed by atoms with E-state index in [0.29, 0.717) is 17.0 Å². The largest absolute Gasteiger partial charge is 0.334 e. The third-order valence-corrected chi connectivity index (χ3v) is 2.48. The summed E-state index contributed by atoms with van der Waals surface area (Å²) in [7, 11) is 0. The number of rotatable bonds is 3. The van der Waals surface area contributed by atoms with E-state index in [2.05, 4.69) is 10.1 Å². The third kappa shape index (κ3) is 2.26. The molecule has 0 saturated carbocycles. The first-order valence-electron chi connectivity index (χ1n) is 4.76. The minimum atomic E-state index is -0.447. The molecule has 17 heavy (non-hydrogen) atoms. The molecule has 7 heteroatoms. The summed E-state index contributed by atoms with van der Waals surface area (Å²) < 4.78 is 4.95. The lowest BCUT2D eigenvalue weighted by Gasteiger charge is -1.98. The number of nitro benzene ring substituents is 1. The van der Waals surface area contributed by atoms with Gasteiger partial charge in [0.1, 0.15) is 0 Å². The Morgan fingerprint density at radius 2 is 2.29 bits per heavy atom. The van der Waals surface area contributed by atoms with Gasteiger partial charge in [0.15, 0.2) is 5.82 Å². The third-order valence-electron chi connectivity index (χ3n) is 2.24. The zero-order chi connectivity index (χ0) is 12.4. The maximum Gasteiger partial charge on any atom is 0.273 e. The molecular formula is C10H8ClN3O3. The van der Waals surface area contributed by atoms with Crippen molar-refractivity contribution in [2.45, 2.75) is 12.8 Å². The van der Waals surface area contributed by atoms with Crippen LogP contribution >= 0.6 is 11.6 Å². The molecule has 2 aromatic rings. The fourth-order valence-electron chi connectivity index (χ4n) is 1.36. The lowest BCUT2D eigenvalue weighted by molar-refractivity contribution is -0.385. The molecule has 2 rings (SSSR count). The summed E-state index contributed by atoms with van der Waals surface area (Å²) in [6.07, 6.45) is 0. The van der Waals surface area contributed by atoms with E-state index in [1.54, 1.807) is 19.1 Å². The monoisotopic (exact) mass is 253 g/mol. The Labute approximate surface area is 101 Å². The number of halogens is 1. The van der Waals surface area contributed by atoms with Gasteiger partial charge in [-0.25, -0.2) is 0 Å². The minimum absolute atomic E-state index is 0.0214. The lowest BCUT2D eigenvalue weighted by atomic mass is 10.1. The molecule has 0 atom stereocenters. The predicted octanol–water partition coefficient (Wildman–Crippen LogP) is 2.69. The van der Waals surface area contributed by atoms with Gasteiger partial charge in [0.2, 0.25) is 0 Å². The van der Waals surface area contributed by atoms with E-state index < -0.39 is 4.92 Å². The van der Waals surface area contributed by atoms with Gasteiger partial charge >= 0.3 is 0 Å². The van der Waals surface area contributed by atoms with Crippen LogP contribution in [-0.4, -0.2) is 15.1 Å². The lowest BCUT2D eigenvalue weighted by Crippen LogP contribution is -1.92. The standard InChI is InChI=1S/C10H8ClN3O3/c1-6-2-3-7(4-8(6)14(15)16)10-12-9(5-11)13-17-10/h2-4H,5H2,1H3. The predicted molar refractivity (Wildman–Crippen MR) is 60.7 cm³/mol. The Kier molecular flexibility index (Phi) is 3.06. The smallest absolute Gasteiger partial charge is 0.273 e. The molecule has 0 aliphatic rings. The fourth-order valence-corrected chi connectivity index (χ4v) is 1.47. The van der Waals surface area contributed by atoms with E-state index in [0.717, 1.165) is 0 Å². The second-order valence-corrected chi connectivity index (χ2v) is 3.68. The molecule has 1 aromatic heterocycles. The number of nitro groups is 1. The van der Waals surface area contributed by atoms with Crippen molar-refractivity contribution in [3.05, 3.63) is 39.7 Å². The summed E-state index contributed by atoms with van der Waals surface area (Å²) in [6, 6.07) is 4.73. The molecule has 0 spiro atoms. The summed E-state index contributed by atoms with van der Waals surface area (Å²) in [6.45, 7) is 1.67. The van der Waals surface area contributed by atoms with Crippen molar-refractivity contribution in [1.82, 2.24) is 10.1 Å². The van der Waals surface area contributed by atoms with E-state index >= 15 is 0 Å². The molecule has 88 valence electrons. The SMILES string of the molecule is Cc1ccc(-c2nc(CCl)no2)cc1[N+](=O)[O-]. The number of nitrogens with zero attached hydrogens (tertiary/aromatic N) is 3. The van der Waals surface area contributed by atoms with Gasteiger partial charge < -0.3 is 4.52 Å². The normalized spacial score (nSPS) is 10.5. The van der Waals surface area contributed by atoms with Crippen LogP contribution in [-0.2, 0) is 5.88 Å². The minimum Gasteiger partial charge on any atom is -0.334 e. The van der Waals surface area contributed by atoms with E-state index in [9.17, 15) is 10.1 Å². The molecule has 0 N–H and O–H groups in total. The molecule has 0 aliphatic heterocycles. The van der Waals surface area contributed by atoms with Crippen molar-refractivity contribution >= 4 is 17.3 Å². The second-order valence-electron chi connectivity index (χ2n) is 3.41. The Morgan fingerprint density at radius 1 is 1.53 bits per heavy atom. The Bertz CT molecular complexity index is 568. The summed E-state index contributed by atoms with van der Waals surface area (Å²) in [5, 5.41) is 14.4. The number of hydrogen-bond acceptors (Lipinski definition) is 5. The average molecular weight is 254 g/mol. The molecule has 0 unspecified atom stereocenters. The fraction of sp³-hybridized carbons (Fsp3) is 0.200. The molecule has 0 aliphatic carbocycles. The Balaban J connectivity index is 2.46. The summed E-state index contributed by atoms with van der Waals surface area (Å²) >= 11 is 5.54. The van der Waals surface area contributed by atoms with Crippen LogP contribution in [0.3, 0.4) is 0 Å². The van der Waals surface area contributed by atoms with Gasteiger partial charge in [0.05, 0.1) is 10.8 Å². The van der Waals surface area contributed by atoms with Crippen molar-refractivity contribution < 1.29 is 9.45 Å². The van der Waals surface area contributed by atoms with Gasteiger partial charge in [-0.1, -0.05) is 11.2 Å². The number of hydrogen-bond donors (Lipinski definition) is 0. The van der Waals surface area contributed by atoms with Gasteiger partial charge in [0.25, 0.3) is 11.6 Å². The Hall–Kier alpha value is -1.95. The van der Waals surface area contributed by atoms with E-state index in [-0.39, 0.29) is 17.5 Å². The molecular weight excluding hydrogens is 246 g/mol.